The van der Waals surface area contributed by atoms with Crippen molar-refractivity contribution in [1.29, 1.82) is 0 Å². The first-order valence-electron chi connectivity index (χ1n) is 7.21. The molecule has 0 radical (unpaired) electrons. The molecule has 2 aromatic carbocycles. The molecule has 0 aliphatic rings. The van der Waals surface area contributed by atoms with Gasteiger partial charge in [0.2, 0.25) is 0 Å². The Hall–Kier alpha value is -3.24. The van der Waals surface area contributed by atoms with Crippen molar-refractivity contribution in [3.8, 4) is 0 Å². The van der Waals surface area contributed by atoms with Crippen LogP contribution >= 0.6 is 23.5 Å². The number of carboxylic acids is 2. The molecule has 0 saturated carbocycles. The molecule has 2 aromatic heterocycles. The predicted octanol–water partition coefficient (Wildman–Crippen LogP) is 2.78. The van der Waals surface area contributed by atoms with Gasteiger partial charge in [0.15, 0.2) is 0 Å². The number of fused-ring (bicyclic) bond motifs is 2. The van der Waals surface area contributed by atoms with Crippen LogP contribution in [0.3, 0.4) is 0 Å². The molecule has 0 spiro atoms. The minimum absolute atomic E-state index is 0.242. The molecular formula is C16H8N4O4S2. The second kappa shape index (κ2) is 6.24. The number of carboxylic acid groups (broad SMARTS) is 2. The lowest BCUT2D eigenvalue weighted by atomic mass is 9.94. The Morgan fingerprint density at radius 3 is 1.42 bits per heavy atom. The molecular weight excluding hydrogens is 376 g/mol. The molecule has 2 heterocycles. The number of aliphatic carboxylic acids is 2. The van der Waals surface area contributed by atoms with Crippen molar-refractivity contribution in [2.24, 2.45) is 0 Å². The summed E-state index contributed by atoms with van der Waals surface area (Å²) in [5.74, 6) is -2.69. The number of hydrogen-bond acceptors (Lipinski definition) is 8. The van der Waals surface area contributed by atoms with Crippen molar-refractivity contribution in [2.45, 2.75) is 0 Å². The molecule has 0 aliphatic carbocycles. The van der Waals surface area contributed by atoms with Crippen molar-refractivity contribution in [2.75, 3.05) is 0 Å². The largest absolute Gasteiger partial charge is 0.478 e. The van der Waals surface area contributed by atoms with E-state index in [0.717, 1.165) is 23.5 Å². The first kappa shape index (κ1) is 16.2. The molecule has 4 rings (SSSR count). The highest BCUT2D eigenvalue weighted by atomic mass is 32.1. The van der Waals surface area contributed by atoms with Crippen LogP contribution in [0.4, 0.5) is 0 Å². The van der Waals surface area contributed by atoms with Gasteiger partial charge in [-0.25, -0.2) is 9.59 Å². The van der Waals surface area contributed by atoms with Crippen LogP contribution in [0.5, 0.6) is 0 Å². The number of rotatable bonds is 4. The summed E-state index contributed by atoms with van der Waals surface area (Å²) < 4.78 is 16.3. The zero-order valence-corrected chi connectivity index (χ0v) is 14.4. The molecule has 0 atom stereocenters. The fraction of sp³-hybridized carbons (Fsp3) is 0. The summed E-state index contributed by atoms with van der Waals surface area (Å²) in [5.41, 5.74) is 2.10. The van der Waals surface area contributed by atoms with Crippen LogP contribution in [0.25, 0.3) is 33.2 Å². The summed E-state index contributed by atoms with van der Waals surface area (Å²) in [5, 5.41) is 19.4. The van der Waals surface area contributed by atoms with Gasteiger partial charge in [-0.3, -0.25) is 0 Å². The molecule has 128 valence electrons. The SMILES string of the molecule is O=C(O)/C(=C(\C(=O)O)c1ccc2nsnc2c1)c1ccc2nsnc2c1. The molecule has 0 aliphatic heterocycles. The van der Waals surface area contributed by atoms with Gasteiger partial charge in [-0.2, -0.15) is 17.5 Å². The van der Waals surface area contributed by atoms with E-state index in [9.17, 15) is 19.8 Å². The Morgan fingerprint density at radius 2 is 1.04 bits per heavy atom. The normalized spacial score (nSPS) is 12.3. The standard InChI is InChI=1S/C16H8N4O4S2/c21-15(22)13(7-1-3-9-11(5-7)19-25-17-9)14(16(23)24)8-2-4-10-12(6-8)20-26-18-10/h1-6H,(H,21,22)(H,23,24)/b14-13-. The van der Waals surface area contributed by atoms with Crippen LogP contribution in [-0.2, 0) is 9.59 Å². The average Bonchev–Trinajstić information content (AvgIpc) is 3.26. The summed E-state index contributed by atoms with van der Waals surface area (Å²) in [4.78, 5) is 23.9. The van der Waals surface area contributed by atoms with Gasteiger partial charge in [0, 0.05) is 0 Å². The quantitative estimate of drug-likeness (QED) is 0.406. The van der Waals surface area contributed by atoms with Gasteiger partial charge < -0.3 is 10.2 Å². The molecule has 0 unspecified atom stereocenters. The van der Waals surface area contributed by atoms with E-state index in [1.807, 2.05) is 0 Å². The van der Waals surface area contributed by atoms with Gasteiger partial charge in [-0.15, -0.1) is 0 Å². The molecule has 0 amide bonds. The highest BCUT2D eigenvalue weighted by Gasteiger charge is 2.24. The van der Waals surface area contributed by atoms with Gasteiger partial charge in [0.1, 0.15) is 22.1 Å². The van der Waals surface area contributed by atoms with E-state index in [0.29, 0.717) is 22.1 Å². The molecule has 8 nitrogen and oxygen atoms in total. The molecule has 26 heavy (non-hydrogen) atoms. The zero-order valence-electron chi connectivity index (χ0n) is 12.8. The smallest absolute Gasteiger partial charge is 0.337 e. The van der Waals surface area contributed by atoms with Crippen molar-refractivity contribution in [3.05, 3.63) is 47.5 Å². The monoisotopic (exact) mass is 384 g/mol. The Balaban J connectivity index is 2.00. The van der Waals surface area contributed by atoms with E-state index in [1.165, 1.54) is 24.3 Å². The minimum atomic E-state index is -1.35. The van der Waals surface area contributed by atoms with Crippen molar-refractivity contribution < 1.29 is 19.8 Å². The Bertz CT molecular complexity index is 1120. The van der Waals surface area contributed by atoms with Crippen LogP contribution in [-0.4, -0.2) is 39.6 Å². The van der Waals surface area contributed by atoms with E-state index in [1.54, 1.807) is 12.1 Å². The predicted molar refractivity (Wildman–Crippen MR) is 96.9 cm³/mol. The Labute approximate surface area is 153 Å². The lowest BCUT2D eigenvalue weighted by Crippen LogP contribution is -2.10. The van der Waals surface area contributed by atoms with Crippen LogP contribution in [0, 0.1) is 0 Å². The second-order valence-electron chi connectivity index (χ2n) is 5.30. The number of benzene rings is 2. The van der Waals surface area contributed by atoms with E-state index < -0.39 is 11.9 Å². The first-order chi connectivity index (χ1) is 12.5. The molecule has 0 bridgehead atoms. The van der Waals surface area contributed by atoms with Crippen molar-refractivity contribution in [3.63, 3.8) is 0 Å². The summed E-state index contributed by atoms with van der Waals surface area (Å²) in [6, 6.07) is 9.33. The van der Waals surface area contributed by atoms with Crippen LogP contribution in [0.2, 0.25) is 0 Å². The van der Waals surface area contributed by atoms with Gasteiger partial charge in [-0.1, -0.05) is 12.1 Å². The van der Waals surface area contributed by atoms with Gasteiger partial charge >= 0.3 is 11.9 Å². The maximum Gasteiger partial charge on any atom is 0.337 e. The summed E-state index contributed by atoms with van der Waals surface area (Å²) in [6.45, 7) is 0. The number of nitrogens with zero attached hydrogens (tertiary/aromatic N) is 4. The van der Waals surface area contributed by atoms with Crippen molar-refractivity contribution in [1.82, 2.24) is 17.5 Å². The highest BCUT2D eigenvalue weighted by molar-refractivity contribution is 7.00. The third-order valence-electron chi connectivity index (χ3n) is 3.76. The minimum Gasteiger partial charge on any atom is -0.478 e. The fourth-order valence-electron chi connectivity index (χ4n) is 2.62. The topological polar surface area (TPSA) is 126 Å². The summed E-state index contributed by atoms with van der Waals surface area (Å²) in [6.07, 6.45) is 0. The Morgan fingerprint density at radius 1 is 0.654 bits per heavy atom. The molecule has 0 fully saturated rings. The number of carbonyl (C=O) groups is 2. The van der Waals surface area contributed by atoms with E-state index in [2.05, 4.69) is 17.5 Å². The van der Waals surface area contributed by atoms with Crippen LogP contribution in [0.15, 0.2) is 36.4 Å². The zero-order chi connectivity index (χ0) is 18.3. The van der Waals surface area contributed by atoms with E-state index in [4.69, 9.17) is 0 Å². The molecule has 10 heteroatoms. The maximum absolute atomic E-state index is 11.9. The first-order valence-corrected chi connectivity index (χ1v) is 8.67. The number of aromatic nitrogens is 4. The lowest BCUT2D eigenvalue weighted by molar-refractivity contribution is -0.132. The fourth-order valence-corrected chi connectivity index (χ4v) is 3.66. The van der Waals surface area contributed by atoms with Crippen molar-refractivity contribution >= 4 is 68.6 Å². The lowest BCUT2D eigenvalue weighted by Gasteiger charge is -2.10. The molecule has 2 N–H and O–H groups in total. The average molecular weight is 384 g/mol. The molecule has 0 saturated heterocycles. The van der Waals surface area contributed by atoms with Crippen LogP contribution < -0.4 is 0 Å². The number of hydrogen-bond donors (Lipinski definition) is 2. The van der Waals surface area contributed by atoms with E-state index in [-0.39, 0.29) is 22.3 Å². The maximum atomic E-state index is 11.9. The molecule has 4 aromatic rings. The van der Waals surface area contributed by atoms with Gasteiger partial charge in [0.05, 0.1) is 34.6 Å². The van der Waals surface area contributed by atoms with Gasteiger partial charge in [-0.05, 0) is 35.4 Å². The third kappa shape index (κ3) is 2.70. The summed E-state index contributed by atoms with van der Waals surface area (Å²) >= 11 is 2.00. The van der Waals surface area contributed by atoms with Gasteiger partial charge in [0.25, 0.3) is 0 Å². The van der Waals surface area contributed by atoms with E-state index >= 15 is 0 Å². The third-order valence-corrected chi connectivity index (χ3v) is 4.88. The Kier molecular flexibility index (Phi) is 3.90. The van der Waals surface area contributed by atoms with Crippen LogP contribution in [0.1, 0.15) is 11.1 Å². The highest BCUT2D eigenvalue weighted by Crippen LogP contribution is 2.30. The second-order valence-corrected chi connectivity index (χ2v) is 6.35. The summed E-state index contributed by atoms with van der Waals surface area (Å²) in [7, 11) is 0.